The highest BCUT2D eigenvalue weighted by Gasteiger charge is 2.15. The molecule has 3 aromatic carbocycles. The minimum absolute atomic E-state index is 0.0425. The van der Waals surface area contributed by atoms with Crippen LogP contribution in [-0.2, 0) is 0 Å². The number of Topliss-reactive ketones (excluding diaryl/α,β-unsaturated/α-hetero) is 2. The van der Waals surface area contributed by atoms with Gasteiger partial charge in [0.15, 0.2) is 17.3 Å². The van der Waals surface area contributed by atoms with Crippen molar-refractivity contribution < 1.29 is 24.2 Å². The summed E-state index contributed by atoms with van der Waals surface area (Å²) in [5.41, 5.74) is 7.31. The van der Waals surface area contributed by atoms with Crippen molar-refractivity contribution in [3.63, 3.8) is 0 Å². The number of benzene rings is 3. The van der Waals surface area contributed by atoms with Crippen molar-refractivity contribution in [1.82, 2.24) is 0 Å². The van der Waals surface area contributed by atoms with Crippen LogP contribution in [0, 0.1) is 0 Å². The number of anilines is 1. The number of rotatable bonds is 9. The minimum atomic E-state index is -0.151. The first-order chi connectivity index (χ1) is 14.5. The molecular formula is C24H23NO5. The lowest BCUT2D eigenvalue weighted by molar-refractivity contribution is 0.0957. The highest BCUT2D eigenvalue weighted by molar-refractivity contribution is 6.02. The molecule has 6 nitrogen and oxygen atoms in total. The lowest BCUT2D eigenvalue weighted by atomic mass is 10.0. The first-order valence-corrected chi connectivity index (χ1v) is 9.54. The molecule has 0 aliphatic carbocycles. The number of ketones is 2. The van der Waals surface area contributed by atoms with Crippen molar-refractivity contribution >= 4 is 17.3 Å². The summed E-state index contributed by atoms with van der Waals surface area (Å²) in [7, 11) is 1.55. The molecule has 0 spiro atoms. The number of para-hydroxylation sites is 1. The Kier molecular flexibility index (Phi) is 6.70. The van der Waals surface area contributed by atoms with Gasteiger partial charge in [-0.1, -0.05) is 18.2 Å². The van der Waals surface area contributed by atoms with E-state index in [1.54, 1.807) is 61.7 Å². The van der Waals surface area contributed by atoms with Gasteiger partial charge in [-0.25, -0.2) is 0 Å². The summed E-state index contributed by atoms with van der Waals surface area (Å²) in [6, 6.07) is 18.2. The predicted molar refractivity (Wildman–Crippen MR) is 115 cm³/mol. The van der Waals surface area contributed by atoms with E-state index in [9.17, 15) is 14.7 Å². The summed E-state index contributed by atoms with van der Waals surface area (Å²) in [4.78, 5) is 25.0. The van der Waals surface area contributed by atoms with Crippen LogP contribution in [0.4, 0.5) is 5.69 Å². The first-order valence-electron chi connectivity index (χ1n) is 9.54. The third-order valence-corrected chi connectivity index (χ3v) is 4.63. The van der Waals surface area contributed by atoms with E-state index in [2.05, 4.69) is 0 Å². The SMILES string of the molecule is COc1cccc(C(=O)CCCC(=O)c2cccc(Oc3ccc(O)cc3)c2N)c1. The standard InChI is InChI=1S/C24H23NO5/c1-29-19-6-2-5-16(15-19)21(27)8-4-9-22(28)20-7-3-10-23(24(20)25)30-18-13-11-17(26)12-14-18/h2-3,5-7,10-15,26H,4,8-9,25H2,1H3. The van der Waals surface area contributed by atoms with Crippen molar-refractivity contribution in [2.75, 3.05) is 12.8 Å². The monoisotopic (exact) mass is 405 g/mol. The summed E-state index contributed by atoms with van der Waals surface area (Å²) in [5.74, 6) is 1.41. The Bertz CT molecular complexity index is 1040. The largest absolute Gasteiger partial charge is 0.508 e. The molecule has 0 unspecified atom stereocenters. The Labute approximate surface area is 174 Å². The van der Waals surface area contributed by atoms with Gasteiger partial charge in [0, 0.05) is 24.0 Å². The molecule has 0 bridgehead atoms. The van der Waals surface area contributed by atoms with Crippen LogP contribution in [0.1, 0.15) is 40.0 Å². The van der Waals surface area contributed by atoms with Gasteiger partial charge in [0.05, 0.1) is 12.8 Å². The zero-order valence-electron chi connectivity index (χ0n) is 16.6. The van der Waals surface area contributed by atoms with Gasteiger partial charge >= 0.3 is 0 Å². The molecular weight excluding hydrogens is 382 g/mol. The molecule has 0 saturated carbocycles. The third kappa shape index (κ3) is 5.17. The number of hydrogen-bond donors (Lipinski definition) is 2. The molecule has 0 amide bonds. The van der Waals surface area contributed by atoms with Crippen molar-refractivity contribution in [3.8, 4) is 23.0 Å². The Morgan fingerprint density at radius 2 is 1.60 bits per heavy atom. The number of phenolic OH excluding ortho intramolecular Hbond substituents is 1. The highest BCUT2D eigenvalue weighted by atomic mass is 16.5. The molecule has 0 aliphatic rings. The number of hydrogen-bond acceptors (Lipinski definition) is 6. The summed E-state index contributed by atoms with van der Waals surface area (Å²) >= 11 is 0. The smallest absolute Gasteiger partial charge is 0.165 e. The molecule has 0 heterocycles. The van der Waals surface area contributed by atoms with E-state index < -0.39 is 0 Å². The van der Waals surface area contributed by atoms with Gasteiger partial charge in [-0.3, -0.25) is 9.59 Å². The Morgan fingerprint density at radius 3 is 2.33 bits per heavy atom. The van der Waals surface area contributed by atoms with Crippen LogP contribution in [0.25, 0.3) is 0 Å². The van der Waals surface area contributed by atoms with E-state index >= 15 is 0 Å². The molecule has 0 radical (unpaired) electrons. The number of nitrogens with two attached hydrogens (primary N) is 1. The van der Waals surface area contributed by atoms with Crippen LogP contribution in [0.2, 0.25) is 0 Å². The van der Waals surface area contributed by atoms with Crippen LogP contribution < -0.4 is 15.2 Å². The number of phenols is 1. The molecule has 0 saturated heterocycles. The number of ether oxygens (including phenoxy) is 2. The summed E-state index contributed by atoms with van der Waals surface area (Å²) in [5, 5.41) is 9.36. The van der Waals surface area contributed by atoms with Crippen LogP contribution >= 0.6 is 0 Å². The van der Waals surface area contributed by atoms with E-state index in [0.29, 0.717) is 34.8 Å². The minimum Gasteiger partial charge on any atom is -0.508 e. The Balaban J connectivity index is 1.61. The molecule has 154 valence electrons. The normalized spacial score (nSPS) is 10.4. The highest BCUT2D eigenvalue weighted by Crippen LogP contribution is 2.31. The van der Waals surface area contributed by atoms with Crippen LogP contribution in [-0.4, -0.2) is 23.8 Å². The third-order valence-electron chi connectivity index (χ3n) is 4.63. The second kappa shape index (κ2) is 9.60. The average molecular weight is 405 g/mol. The van der Waals surface area contributed by atoms with E-state index in [0.717, 1.165) is 0 Å². The fourth-order valence-electron chi connectivity index (χ4n) is 3.00. The topological polar surface area (TPSA) is 98.9 Å². The lowest BCUT2D eigenvalue weighted by Gasteiger charge is -2.12. The van der Waals surface area contributed by atoms with Gasteiger partial charge in [-0.2, -0.15) is 0 Å². The summed E-state index contributed by atoms with van der Waals surface area (Å²) in [6.07, 6.45) is 0.864. The zero-order valence-corrected chi connectivity index (χ0v) is 16.6. The molecule has 0 aliphatic heterocycles. The van der Waals surface area contributed by atoms with Crippen molar-refractivity contribution in [2.45, 2.75) is 19.3 Å². The zero-order chi connectivity index (χ0) is 21.5. The van der Waals surface area contributed by atoms with Gasteiger partial charge < -0.3 is 20.3 Å². The summed E-state index contributed by atoms with van der Waals surface area (Å²) < 4.78 is 10.9. The fraction of sp³-hybridized carbons (Fsp3) is 0.167. The van der Waals surface area contributed by atoms with Gasteiger partial charge in [0.1, 0.15) is 17.2 Å². The maximum atomic E-state index is 12.6. The summed E-state index contributed by atoms with van der Waals surface area (Å²) in [6.45, 7) is 0. The molecule has 6 heteroatoms. The van der Waals surface area contributed by atoms with E-state index in [4.69, 9.17) is 15.2 Å². The molecule has 3 N–H and O–H groups in total. The van der Waals surface area contributed by atoms with Gasteiger partial charge in [-0.05, 0) is 55.0 Å². The van der Waals surface area contributed by atoms with Gasteiger partial charge in [-0.15, -0.1) is 0 Å². The molecule has 0 atom stereocenters. The predicted octanol–water partition coefficient (Wildman–Crippen LogP) is 5.01. The van der Waals surface area contributed by atoms with Gasteiger partial charge in [0.25, 0.3) is 0 Å². The van der Waals surface area contributed by atoms with Crippen LogP contribution in [0.5, 0.6) is 23.0 Å². The molecule has 3 aromatic rings. The van der Waals surface area contributed by atoms with E-state index in [-0.39, 0.29) is 35.8 Å². The number of aromatic hydroxyl groups is 1. The second-order valence-corrected chi connectivity index (χ2v) is 6.75. The van der Waals surface area contributed by atoms with E-state index in [1.165, 1.54) is 12.1 Å². The van der Waals surface area contributed by atoms with Crippen LogP contribution in [0.3, 0.4) is 0 Å². The first kappa shape index (κ1) is 20.9. The van der Waals surface area contributed by atoms with Gasteiger partial charge in [0.2, 0.25) is 0 Å². The molecule has 30 heavy (non-hydrogen) atoms. The quantitative estimate of drug-likeness (QED) is 0.383. The Hall–Kier alpha value is -3.80. The van der Waals surface area contributed by atoms with Crippen molar-refractivity contribution in [3.05, 3.63) is 77.9 Å². The Morgan fingerprint density at radius 1 is 0.900 bits per heavy atom. The number of carbonyl (C=O) groups is 2. The molecule has 3 rings (SSSR count). The maximum absolute atomic E-state index is 12.6. The second-order valence-electron chi connectivity index (χ2n) is 6.75. The molecule has 0 fully saturated rings. The van der Waals surface area contributed by atoms with Crippen LogP contribution in [0.15, 0.2) is 66.7 Å². The lowest BCUT2D eigenvalue weighted by Crippen LogP contribution is -2.07. The fourth-order valence-corrected chi connectivity index (χ4v) is 3.00. The number of methoxy groups -OCH3 is 1. The maximum Gasteiger partial charge on any atom is 0.165 e. The number of nitrogen functional groups attached to an aromatic ring is 1. The average Bonchev–Trinajstić information content (AvgIpc) is 2.76. The molecule has 0 aromatic heterocycles. The van der Waals surface area contributed by atoms with E-state index in [1.807, 2.05) is 0 Å². The van der Waals surface area contributed by atoms with Crippen molar-refractivity contribution in [2.24, 2.45) is 0 Å². The number of carbonyl (C=O) groups excluding carboxylic acids is 2. The van der Waals surface area contributed by atoms with Crippen molar-refractivity contribution in [1.29, 1.82) is 0 Å².